The molecule has 0 aliphatic heterocycles. The summed E-state index contributed by atoms with van der Waals surface area (Å²) in [6.45, 7) is 4.24. The standard InChI is InChI=1S/C21H18ClN3O/c1-14(2)25-12-18(19-20(22)23-13-24-21(19)25)15-8-10-17(11-9-15)26-16-6-4-3-5-7-16/h3-14H,1-2H3. The molecule has 4 rings (SSSR count). The summed E-state index contributed by atoms with van der Waals surface area (Å²) in [7, 11) is 0. The topological polar surface area (TPSA) is 39.9 Å². The third-order valence-corrected chi connectivity index (χ3v) is 4.55. The van der Waals surface area contributed by atoms with Crippen molar-refractivity contribution in [2.24, 2.45) is 0 Å². The van der Waals surface area contributed by atoms with Gasteiger partial charge < -0.3 is 9.30 Å². The first-order valence-electron chi connectivity index (χ1n) is 8.48. The molecule has 0 saturated carbocycles. The lowest BCUT2D eigenvalue weighted by Gasteiger charge is -2.07. The largest absolute Gasteiger partial charge is 0.457 e. The molecule has 0 amide bonds. The number of ether oxygens (including phenoxy) is 1. The highest BCUT2D eigenvalue weighted by molar-refractivity contribution is 6.35. The van der Waals surface area contributed by atoms with E-state index in [4.69, 9.17) is 16.3 Å². The van der Waals surface area contributed by atoms with Crippen LogP contribution in [0.5, 0.6) is 11.5 Å². The van der Waals surface area contributed by atoms with Gasteiger partial charge in [-0.1, -0.05) is 41.9 Å². The Morgan fingerprint density at radius 2 is 1.62 bits per heavy atom. The van der Waals surface area contributed by atoms with Gasteiger partial charge in [0.15, 0.2) is 0 Å². The molecule has 0 N–H and O–H groups in total. The highest BCUT2D eigenvalue weighted by Gasteiger charge is 2.16. The van der Waals surface area contributed by atoms with E-state index < -0.39 is 0 Å². The SMILES string of the molecule is CC(C)n1cc(-c2ccc(Oc3ccccc3)cc2)c2c(Cl)ncnc21. The first-order valence-corrected chi connectivity index (χ1v) is 8.85. The second-order valence-electron chi connectivity index (χ2n) is 6.35. The minimum atomic E-state index is 0.276. The molecule has 2 aromatic carbocycles. The number of rotatable bonds is 4. The van der Waals surface area contributed by atoms with E-state index in [0.29, 0.717) is 5.15 Å². The number of para-hydroxylation sites is 1. The third kappa shape index (κ3) is 3.04. The Bertz CT molecular complexity index is 1040. The van der Waals surface area contributed by atoms with Crippen LogP contribution < -0.4 is 4.74 Å². The van der Waals surface area contributed by atoms with Crippen molar-refractivity contribution in [3.05, 3.63) is 72.3 Å². The van der Waals surface area contributed by atoms with Gasteiger partial charge in [0, 0.05) is 17.8 Å². The summed E-state index contributed by atoms with van der Waals surface area (Å²) in [5.74, 6) is 1.60. The number of nitrogens with zero attached hydrogens (tertiary/aromatic N) is 3. The van der Waals surface area contributed by atoms with Gasteiger partial charge in [0.05, 0.1) is 5.39 Å². The van der Waals surface area contributed by atoms with Crippen molar-refractivity contribution >= 4 is 22.6 Å². The van der Waals surface area contributed by atoms with Gasteiger partial charge in [0.2, 0.25) is 0 Å². The lowest BCUT2D eigenvalue weighted by atomic mass is 10.1. The maximum Gasteiger partial charge on any atom is 0.145 e. The molecule has 4 nitrogen and oxygen atoms in total. The maximum atomic E-state index is 6.38. The summed E-state index contributed by atoms with van der Waals surface area (Å²) >= 11 is 6.38. The van der Waals surface area contributed by atoms with Crippen molar-refractivity contribution in [1.82, 2.24) is 14.5 Å². The molecule has 26 heavy (non-hydrogen) atoms. The fourth-order valence-corrected chi connectivity index (χ4v) is 3.22. The van der Waals surface area contributed by atoms with Crippen LogP contribution in [0, 0.1) is 0 Å². The summed E-state index contributed by atoms with van der Waals surface area (Å²) in [6.07, 6.45) is 3.59. The van der Waals surface area contributed by atoms with Crippen molar-refractivity contribution in [2.45, 2.75) is 19.9 Å². The van der Waals surface area contributed by atoms with Gasteiger partial charge in [-0.25, -0.2) is 9.97 Å². The maximum absolute atomic E-state index is 6.38. The molecule has 0 radical (unpaired) electrons. The predicted molar refractivity (Wildman–Crippen MR) is 105 cm³/mol. The van der Waals surface area contributed by atoms with E-state index in [1.165, 1.54) is 6.33 Å². The minimum absolute atomic E-state index is 0.276. The van der Waals surface area contributed by atoms with Crippen LogP contribution in [0.25, 0.3) is 22.2 Å². The van der Waals surface area contributed by atoms with Gasteiger partial charge in [-0.15, -0.1) is 0 Å². The van der Waals surface area contributed by atoms with Crippen molar-refractivity contribution in [3.63, 3.8) is 0 Å². The van der Waals surface area contributed by atoms with Gasteiger partial charge in [-0.05, 0) is 43.7 Å². The van der Waals surface area contributed by atoms with Crippen LogP contribution in [0.1, 0.15) is 19.9 Å². The predicted octanol–water partition coefficient (Wildman–Crippen LogP) is 6.12. The Kier molecular flexibility index (Phi) is 4.35. The normalized spacial score (nSPS) is 11.2. The second kappa shape index (κ2) is 6.81. The third-order valence-electron chi connectivity index (χ3n) is 4.26. The molecule has 0 bridgehead atoms. The zero-order chi connectivity index (χ0) is 18.1. The average molecular weight is 364 g/mol. The first kappa shape index (κ1) is 16.6. The number of benzene rings is 2. The van der Waals surface area contributed by atoms with Gasteiger partial charge in [-0.3, -0.25) is 0 Å². The van der Waals surface area contributed by atoms with Gasteiger partial charge in [0.1, 0.15) is 28.6 Å². The lowest BCUT2D eigenvalue weighted by Crippen LogP contribution is -1.99. The van der Waals surface area contributed by atoms with E-state index >= 15 is 0 Å². The molecule has 0 unspecified atom stereocenters. The summed E-state index contributed by atoms with van der Waals surface area (Å²) < 4.78 is 7.99. The smallest absolute Gasteiger partial charge is 0.145 e. The quantitative estimate of drug-likeness (QED) is 0.410. The van der Waals surface area contributed by atoms with E-state index in [0.717, 1.165) is 33.7 Å². The Morgan fingerprint density at radius 3 is 2.31 bits per heavy atom. The van der Waals surface area contributed by atoms with E-state index in [-0.39, 0.29) is 6.04 Å². The van der Waals surface area contributed by atoms with Gasteiger partial charge in [0.25, 0.3) is 0 Å². The van der Waals surface area contributed by atoms with Crippen molar-refractivity contribution in [3.8, 4) is 22.6 Å². The summed E-state index contributed by atoms with van der Waals surface area (Å²) in [6, 6.07) is 18.0. The second-order valence-corrected chi connectivity index (χ2v) is 6.70. The molecule has 4 aromatic rings. The molecular formula is C21H18ClN3O. The molecule has 0 fully saturated rings. The molecule has 2 heterocycles. The van der Waals surface area contributed by atoms with Crippen LogP contribution >= 0.6 is 11.6 Å². The van der Waals surface area contributed by atoms with E-state index in [9.17, 15) is 0 Å². The van der Waals surface area contributed by atoms with Crippen LogP contribution in [-0.4, -0.2) is 14.5 Å². The number of halogens is 1. The van der Waals surface area contributed by atoms with Gasteiger partial charge >= 0.3 is 0 Å². The fourth-order valence-electron chi connectivity index (χ4n) is 2.99. The monoisotopic (exact) mass is 363 g/mol. The van der Waals surface area contributed by atoms with Crippen LogP contribution in [0.15, 0.2) is 67.1 Å². The van der Waals surface area contributed by atoms with Gasteiger partial charge in [-0.2, -0.15) is 0 Å². The van der Waals surface area contributed by atoms with E-state index in [2.05, 4.69) is 34.6 Å². The fraction of sp³-hybridized carbons (Fsp3) is 0.143. The van der Waals surface area contributed by atoms with Crippen LogP contribution in [0.2, 0.25) is 5.15 Å². The van der Waals surface area contributed by atoms with Crippen molar-refractivity contribution < 1.29 is 4.74 Å². The highest BCUT2D eigenvalue weighted by Crippen LogP contribution is 2.35. The molecule has 0 aliphatic rings. The number of hydrogen-bond acceptors (Lipinski definition) is 3. The first-order chi connectivity index (χ1) is 12.6. The zero-order valence-electron chi connectivity index (χ0n) is 14.6. The summed E-state index contributed by atoms with van der Waals surface area (Å²) in [5, 5.41) is 1.34. The van der Waals surface area contributed by atoms with E-state index in [1.807, 2.05) is 54.6 Å². The number of hydrogen-bond donors (Lipinski definition) is 0. The van der Waals surface area contributed by atoms with Crippen LogP contribution in [-0.2, 0) is 0 Å². The molecule has 0 spiro atoms. The summed E-state index contributed by atoms with van der Waals surface area (Å²) in [4.78, 5) is 8.58. The van der Waals surface area contributed by atoms with Crippen LogP contribution in [0.4, 0.5) is 0 Å². The summed E-state index contributed by atoms with van der Waals surface area (Å²) in [5.41, 5.74) is 2.91. The number of fused-ring (bicyclic) bond motifs is 1. The average Bonchev–Trinajstić information content (AvgIpc) is 3.05. The Labute approximate surface area is 157 Å². The molecule has 2 aromatic heterocycles. The Balaban J connectivity index is 1.74. The number of aromatic nitrogens is 3. The Morgan fingerprint density at radius 1 is 0.923 bits per heavy atom. The zero-order valence-corrected chi connectivity index (χ0v) is 15.3. The molecule has 5 heteroatoms. The molecular weight excluding hydrogens is 346 g/mol. The highest BCUT2D eigenvalue weighted by atomic mass is 35.5. The molecule has 0 aliphatic carbocycles. The lowest BCUT2D eigenvalue weighted by molar-refractivity contribution is 0.483. The molecule has 130 valence electrons. The van der Waals surface area contributed by atoms with Crippen molar-refractivity contribution in [1.29, 1.82) is 0 Å². The Hall–Kier alpha value is -2.85. The van der Waals surface area contributed by atoms with Crippen LogP contribution in [0.3, 0.4) is 0 Å². The molecule has 0 atom stereocenters. The minimum Gasteiger partial charge on any atom is -0.457 e. The van der Waals surface area contributed by atoms with E-state index in [1.54, 1.807) is 0 Å². The van der Waals surface area contributed by atoms with Crippen molar-refractivity contribution in [2.75, 3.05) is 0 Å². The molecule has 0 saturated heterocycles.